The zero-order valence-corrected chi connectivity index (χ0v) is 16.1. The third-order valence-corrected chi connectivity index (χ3v) is 5.56. The molecule has 2 aromatic rings. The average Bonchev–Trinajstić information content (AvgIpc) is 2.95. The summed E-state index contributed by atoms with van der Waals surface area (Å²) >= 11 is 0. The molecule has 1 atom stereocenters. The Balaban J connectivity index is 1.66. The molecular weight excluding hydrogens is 340 g/mol. The van der Waals surface area contributed by atoms with E-state index in [0.717, 1.165) is 42.9 Å². The number of carbonyl (C=O) groups excluding carboxylic acids is 1. The molecule has 0 saturated carbocycles. The molecule has 0 amide bonds. The molecule has 144 valence electrons. The van der Waals surface area contributed by atoms with Crippen molar-refractivity contribution < 1.29 is 14.7 Å². The van der Waals surface area contributed by atoms with E-state index in [4.69, 9.17) is 0 Å². The Bertz CT molecular complexity index is 810. The molecule has 1 aliphatic rings. The molecular formula is C22H28N2O3. The highest BCUT2D eigenvalue weighted by Gasteiger charge is 2.27. The first-order valence-corrected chi connectivity index (χ1v) is 9.64. The summed E-state index contributed by atoms with van der Waals surface area (Å²) in [5, 5.41) is 9.23. The Hall–Kier alpha value is -2.40. The number of carboxylic acid groups (broad SMARTS) is 1. The number of piperidine rings is 1. The number of carboxylic acids is 1. The van der Waals surface area contributed by atoms with Crippen LogP contribution < -0.4 is 0 Å². The smallest absolute Gasteiger partial charge is 0.307 e. The van der Waals surface area contributed by atoms with Crippen LogP contribution in [0.1, 0.15) is 40.2 Å². The zero-order valence-electron chi connectivity index (χ0n) is 16.1. The fourth-order valence-corrected chi connectivity index (χ4v) is 4.00. The summed E-state index contributed by atoms with van der Waals surface area (Å²) < 4.78 is 2.20. The molecule has 1 saturated heterocycles. The third kappa shape index (κ3) is 4.66. The van der Waals surface area contributed by atoms with Gasteiger partial charge in [-0.25, -0.2) is 0 Å². The number of carbonyl (C=O) groups is 2. The molecule has 0 radical (unpaired) electrons. The van der Waals surface area contributed by atoms with Gasteiger partial charge in [0.25, 0.3) is 0 Å². The van der Waals surface area contributed by atoms with Crippen molar-refractivity contribution in [2.45, 2.75) is 39.7 Å². The summed E-state index contributed by atoms with van der Waals surface area (Å²) in [7, 11) is 0. The van der Waals surface area contributed by atoms with Crippen molar-refractivity contribution in [1.29, 1.82) is 0 Å². The summed E-state index contributed by atoms with van der Waals surface area (Å²) in [4.78, 5) is 26.1. The second-order valence-corrected chi connectivity index (χ2v) is 7.51. The molecule has 0 bridgehead atoms. The molecule has 1 N–H and O–H groups in total. The first-order valence-electron chi connectivity index (χ1n) is 9.64. The van der Waals surface area contributed by atoms with Gasteiger partial charge < -0.3 is 9.67 Å². The maximum atomic E-state index is 12.8. The van der Waals surface area contributed by atoms with E-state index < -0.39 is 5.97 Å². The molecule has 5 heteroatoms. The molecule has 0 aliphatic carbocycles. The normalized spacial score (nSPS) is 17.8. The number of hydrogen-bond donors (Lipinski definition) is 1. The largest absolute Gasteiger partial charge is 0.481 e. The van der Waals surface area contributed by atoms with E-state index in [1.807, 2.05) is 43.0 Å². The van der Waals surface area contributed by atoms with E-state index in [0.29, 0.717) is 19.5 Å². The van der Waals surface area contributed by atoms with Crippen molar-refractivity contribution >= 4 is 11.8 Å². The molecule has 3 rings (SSSR count). The lowest BCUT2D eigenvalue weighted by molar-refractivity contribution is -0.143. The molecule has 1 aromatic heterocycles. The minimum atomic E-state index is -0.758. The number of hydrogen-bond acceptors (Lipinski definition) is 3. The maximum absolute atomic E-state index is 12.8. The van der Waals surface area contributed by atoms with Crippen LogP contribution >= 0.6 is 0 Å². The number of aryl methyl sites for hydroxylation is 2. The summed E-state index contributed by atoms with van der Waals surface area (Å²) in [6.45, 7) is 6.44. The highest BCUT2D eigenvalue weighted by Crippen LogP contribution is 2.20. The first-order chi connectivity index (χ1) is 13.0. The highest BCUT2D eigenvalue weighted by molar-refractivity contribution is 5.99. The van der Waals surface area contributed by atoms with Gasteiger partial charge in [0.1, 0.15) is 0 Å². The van der Waals surface area contributed by atoms with Crippen LogP contribution in [-0.4, -0.2) is 46.0 Å². The third-order valence-electron chi connectivity index (χ3n) is 5.56. The van der Waals surface area contributed by atoms with Gasteiger partial charge in [0, 0.05) is 30.0 Å². The number of rotatable bonds is 7. The summed E-state index contributed by atoms with van der Waals surface area (Å²) in [6.07, 6.45) is 2.46. The van der Waals surface area contributed by atoms with E-state index in [-0.39, 0.29) is 11.7 Å². The van der Waals surface area contributed by atoms with Gasteiger partial charge in [0.15, 0.2) is 5.78 Å². The van der Waals surface area contributed by atoms with Crippen LogP contribution in [-0.2, 0) is 17.8 Å². The molecule has 1 aromatic carbocycles. The number of aromatic nitrogens is 1. The predicted molar refractivity (Wildman–Crippen MR) is 105 cm³/mol. The molecule has 1 aliphatic heterocycles. The number of benzene rings is 1. The van der Waals surface area contributed by atoms with Gasteiger partial charge in [-0.3, -0.25) is 14.5 Å². The number of aliphatic carboxylic acids is 1. The number of Topliss-reactive ketones (excluding diaryl/α,β-unsaturated/α-hetero) is 1. The summed E-state index contributed by atoms with van der Waals surface area (Å²) in [5.41, 5.74) is 4.14. The van der Waals surface area contributed by atoms with E-state index in [1.54, 1.807) is 0 Å². The second-order valence-electron chi connectivity index (χ2n) is 7.51. The minimum Gasteiger partial charge on any atom is -0.481 e. The number of ketones is 1. The monoisotopic (exact) mass is 368 g/mol. The van der Waals surface area contributed by atoms with Crippen LogP contribution in [0.15, 0.2) is 36.4 Å². The number of nitrogens with zero attached hydrogens (tertiary/aromatic N) is 2. The van der Waals surface area contributed by atoms with Crippen molar-refractivity contribution in [2.24, 2.45) is 5.92 Å². The highest BCUT2D eigenvalue weighted by atomic mass is 16.4. The quantitative estimate of drug-likeness (QED) is 0.762. The van der Waals surface area contributed by atoms with Gasteiger partial charge in [0.05, 0.1) is 12.5 Å². The second kappa shape index (κ2) is 8.53. The topological polar surface area (TPSA) is 62.5 Å². The van der Waals surface area contributed by atoms with Crippen molar-refractivity contribution in [2.75, 3.05) is 19.6 Å². The van der Waals surface area contributed by atoms with Crippen LogP contribution in [0, 0.1) is 19.8 Å². The fourth-order valence-electron chi connectivity index (χ4n) is 4.00. The molecule has 0 spiro atoms. The maximum Gasteiger partial charge on any atom is 0.307 e. The lowest BCUT2D eigenvalue weighted by Gasteiger charge is -2.29. The van der Waals surface area contributed by atoms with E-state index in [1.165, 1.54) is 5.56 Å². The lowest BCUT2D eigenvalue weighted by atomic mass is 9.98. The van der Waals surface area contributed by atoms with Gasteiger partial charge in [-0.2, -0.15) is 0 Å². The average molecular weight is 368 g/mol. The van der Waals surface area contributed by atoms with Crippen LogP contribution in [0.25, 0.3) is 0 Å². The van der Waals surface area contributed by atoms with E-state index in [9.17, 15) is 14.7 Å². The van der Waals surface area contributed by atoms with Crippen molar-refractivity contribution in [3.8, 4) is 0 Å². The van der Waals surface area contributed by atoms with E-state index in [2.05, 4.69) is 16.7 Å². The van der Waals surface area contributed by atoms with Crippen LogP contribution in [0.3, 0.4) is 0 Å². The standard InChI is InChI=1S/C22H28N2O3/c1-16-13-20(17(2)24(16)12-10-18-7-4-3-5-8-18)21(25)15-23-11-6-9-19(14-23)22(26)27/h3-5,7-8,13,19H,6,9-12,14-15H2,1-2H3,(H,26,27). The van der Waals surface area contributed by atoms with Crippen LogP contribution in [0.4, 0.5) is 0 Å². The predicted octanol–water partition coefficient (Wildman–Crippen LogP) is 3.33. The fraction of sp³-hybridized carbons (Fsp3) is 0.455. The Labute approximate surface area is 160 Å². The zero-order chi connectivity index (χ0) is 19.4. The van der Waals surface area contributed by atoms with Gasteiger partial charge in [0.2, 0.25) is 0 Å². The van der Waals surface area contributed by atoms with Gasteiger partial charge in [-0.1, -0.05) is 30.3 Å². The molecule has 27 heavy (non-hydrogen) atoms. The summed E-state index contributed by atoms with van der Waals surface area (Å²) in [5.74, 6) is -1.03. The van der Waals surface area contributed by atoms with E-state index >= 15 is 0 Å². The van der Waals surface area contributed by atoms with Gasteiger partial charge >= 0.3 is 5.97 Å². The first kappa shape index (κ1) is 19.4. The Morgan fingerprint density at radius 3 is 2.63 bits per heavy atom. The van der Waals surface area contributed by atoms with Crippen LogP contribution in [0.5, 0.6) is 0 Å². The van der Waals surface area contributed by atoms with Gasteiger partial charge in [-0.15, -0.1) is 0 Å². The molecule has 2 heterocycles. The Kier molecular flexibility index (Phi) is 6.11. The van der Waals surface area contributed by atoms with Crippen molar-refractivity contribution in [1.82, 2.24) is 9.47 Å². The van der Waals surface area contributed by atoms with Gasteiger partial charge in [-0.05, 0) is 51.3 Å². The minimum absolute atomic E-state index is 0.0834. The Morgan fingerprint density at radius 2 is 1.93 bits per heavy atom. The number of likely N-dealkylation sites (tertiary alicyclic amines) is 1. The lowest BCUT2D eigenvalue weighted by Crippen LogP contribution is -2.41. The molecule has 1 fully saturated rings. The molecule has 5 nitrogen and oxygen atoms in total. The van der Waals surface area contributed by atoms with Crippen LogP contribution in [0.2, 0.25) is 0 Å². The molecule has 1 unspecified atom stereocenters. The summed E-state index contributed by atoms with van der Waals surface area (Å²) in [6, 6.07) is 12.3. The van der Waals surface area contributed by atoms with Crippen molar-refractivity contribution in [3.63, 3.8) is 0 Å². The SMILES string of the molecule is Cc1cc(C(=O)CN2CCCC(C(=O)O)C2)c(C)n1CCc1ccccc1. The Morgan fingerprint density at radius 1 is 1.19 bits per heavy atom. The van der Waals surface area contributed by atoms with Crippen molar-refractivity contribution in [3.05, 3.63) is 58.9 Å².